The van der Waals surface area contributed by atoms with E-state index < -0.39 is 0 Å². The number of unbranched alkanes of at least 4 members (excludes halogenated alkanes) is 8. The maximum atomic E-state index is 6.77. The molecule has 6 heteroatoms. The Hall–Kier alpha value is 0.890. The average Bonchev–Trinajstić information content (AvgIpc) is 2.66. The molecule has 1 aliphatic carbocycles. The monoisotopic (exact) mass is 607 g/mol. The summed E-state index contributed by atoms with van der Waals surface area (Å²) in [5, 5.41) is 1.13. The molecule has 30 heavy (non-hydrogen) atoms. The number of allylic oxidation sites excluding steroid dienone is 3. The van der Waals surface area contributed by atoms with Gasteiger partial charge >= 0.3 is 0 Å². The molecule has 0 heterocycles. The summed E-state index contributed by atoms with van der Waals surface area (Å²) in [6.45, 7) is 8.29. The second-order valence-electron chi connectivity index (χ2n) is 8.45. The number of rotatable bonds is 15. The number of quaternary nitrogens is 1. The highest BCUT2D eigenvalue weighted by Crippen LogP contribution is 2.44. The summed E-state index contributed by atoms with van der Waals surface area (Å²) in [7, 11) is 0. The minimum atomic E-state index is -0.372. The lowest BCUT2D eigenvalue weighted by Crippen LogP contribution is -3.00. The lowest BCUT2D eigenvalue weighted by molar-refractivity contribution is -0.922. The molecule has 0 N–H and O–H groups in total. The lowest BCUT2D eigenvalue weighted by atomic mass is 9.96. The topological polar surface area (TPSA) is 0 Å². The average molecular weight is 609 g/mol. The molecule has 0 saturated carbocycles. The van der Waals surface area contributed by atoms with Crippen LogP contribution in [0.4, 0.5) is 0 Å². The van der Waals surface area contributed by atoms with Gasteiger partial charge < -0.3 is 16.9 Å². The van der Waals surface area contributed by atoms with Crippen LogP contribution in [0.1, 0.15) is 78.1 Å². The second-order valence-corrected chi connectivity index (χ2v) is 11.7. The highest BCUT2D eigenvalue weighted by atomic mass is 127. The quantitative estimate of drug-likeness (QED) is 0.0766. The van der Waals surface area contributed by atoms with Crippen LogP contribution in [0.15, 0.2) is 22.2 Å². The van der Waals surface area contributed by atoms with Gasteiger partial charge in [0.1, 0.15) is 16.5 Å². The molecule has 1 nitrogen and oxygen atoms in total. The van der Waals surface area contributed by atoms with Gasteiger partial charge in [0.2, 0.25) is 0 Å². The molecule has 0 aromatic carbocycles. The maximum Gasteiger partial charge on any atom is 0.140 e. The SMILES string of the molecule is C#CC[N+](CCCCCCC)(CCCCCCC)CC1(I)C(Cl)=CC(Cl)=CC1Cl.[Cl-]. The third-order valence-corrected chi connectivity index (χ3v) is 9.33. The van der Waals surface area contributed by atoms with Gasteiger partial charge in [-0.15, -0.1) is 18.0 Å². The van der Waals surface area contributed by atoms with Crippen molar-refractivity contribution in [2.24, 2.45) is 0 Å². The van der Waals surface area contributed by atoms with Gasteiger partial charge in [0.25, 0.3) is 0 Å². The number of terminal acetylenes is 1. The fourth-order valence-electron chi connectivity index (χ4n) is 4.12. The second kappa shape index (κ2) is 16.5. The molecule has 1 rings (SSSR count). The molecule has 0 bridgehead atoms. The molecule has 0 aromatic heterocycles. The Kier molecular flexibility index (Phi) is 17.0. The van der Waals surface area contributed by atoms with Gasteiger partial charge in [-0.05, 0) is 43.8 Å². The highest BCUT2D eigenvalue weighted by molar-refractivity contribution is 14.1. The molecule has 0 aliphatic heterocycles. The predicted molar refractivity (Wildman–Crippen MR) is 140 cm³/mol. The molecule has 0 saturated heterocycles. The smallest absolute Gasteiger partial charge is 0.140 e. The molecule has 2 atom stereocenters. The molecule has 174 valence electrons. The van der Waals surface area contributed by atoms with Gasteiger partial charge in [0.15, 0.2) is 0 Å². The van der Waals surface area contributed by atoms with Crippen molar-refractivity contribution in [1.82, 2.24) is 0 Å². The lowest BCUT2D eigenvalue weighted by Gasteiger charge is -2.45. The summed E-state index contributed by atoms with van der Waals surface area (Å²) in [6.07, 6.45) is 22.3. The van der Waals surface area contributed by atoms with Crippen molar-refractivity contribution >= 4 is 57.4 Å². The number of hydrogen-bond donors (Lipinski definition) is 0. The van der Waals surface area contributed by atoms with Gasteiger partial charge in [-0.1, -0.05) is 98.2 Å². The van der Waals surface area contributed by atoms with Gasteiger partial charge in [-0.25, -0.2) is 0 Å². The van der Waals surface area contributed by atoms with Gasteiger partial charge in [-0.2, -0.15) is 0 Å². The van der Waals surface area contributed by atoms with E-state index in [0.29, 0.717) is 5.03 Å². The summed E-state index contributed by atoms with van der Waals surface area (Å²) < 4.78 is 0.527. The predicted octanol–water partition coefficient (Wildman–Crippen LogP) is 5.42. The molecular weight excluding hydrogens is 571 g/mol. The third kappa shape index (κ3) is 10.2. The van der Waals surface area contributed by atoms with Crippen molar-refractivity contribution in [3.05, 3.63) is 22.2 Å². The van der Waals surface area contributed by atoms with Crippen LogP contribution in [0.2, 0.25) is 0 Å². The van der Waals surface area contributed by atoms with Crippen molar-refractivity contribution in [3.8, 4) is 12.3 Å². The number of alkyl halides is 2. The van der Waals surface area contributed by atoms with E-state index in [1.165, 1.54) is 64.2 Å². The first-order valence-electron chi connectivity index (χ1n) is 11.2. The van der Waals surface area contributed by atoms with E-state index in [2.05, 4.69) is 42.4 Å². The van der Waals surface area contributed by atoms with E-state index in [1.807, 2.05) is 12.2 Å². The summed E-state index contributed by atoms with van der Waals surface area (Å²) in [5.74, 6) is 2.98. The van der Waals surface area contributed by atoms with Gasteiger partial charge in [0, 0.05) is 10.1 Å². The zero-order valence-corrected chi connectivity index (χ0v) is 23.7. The van der Waals surface area contributed by atoms with E-state index in [0.717, 1.165) is 35.7 Å². The summed E-state index contributed by atoms with van der Waals surface area (Å²) in [5.41, 5.74) is 0. The Balaban J connectivity index is 0.00000841. The van der Waals surface area contributed by atoms with Crippen LogP contribution in [-0.4, -0.2) is 39.5 Å². The molecular formula is C24H38Cl4IN. The minimum Gasteiger partial charge on any atom is -1.00 e. The van der Waals surface area contributed by atoms with Crippen LogP contribution in [0.25, 0.3) is 0 Å². The first-order chi connectivity index (χ1) is 13.8. The Morgan fingerprint density at radius 1 is 1.00 bits per heavy atom. The van der Waals surface area contributed by atoms with Crippen LogP contribution < -0.4 is 12.4 Å². The van der Waals surface area contributed by atoms with E-state index in [-0.39, 0.29) is 21.2 Å². The van der Waals surface area contributed by atoms with E-state index in [4.69, 9.17) is 41.2 Å². The standard InChI is InChI=1S/C24H38Cl3IN.ClH/c1-4-7-9-11-13-16-29(15-6-3,17-14-12-10-8-5-2)20-24(28)22(26)18-21(25)19-23(24)27;/h3,18-19,22H,4-5,7-17,20H2,1-2H3;1H/q+1;/p-1. The first kappa shape index (κ1) is 30.9. The van der Waals surface area contributed by atoms with Crippen molar-refractivity contribution in [1.29, 1.82) is 0 Å². The summed E-state index contributed by atoms with van der Waals surface area (Å²) in [6, 6.07) is 0. The number of halogens is 5. The zero-order chi connectivity index (χ0) is 21.8. The normalized spacial score (nSPS) is 21.4. The van der Waals surface area contributed by atoms with Crippen LogP contribution >= 0.6 is 57.4 Å². The third-order valence-electron chi connectivity index (χ3n) is 5.87. The summed E-state index contributed by atoms with van der Waals surface area (Å²) >= 11 is 22.1. The maximum absolute atomic E-state index is 6.77. The fourth-order valence-corrected chi connectivity index (χ4v) is 6.21. The molecule has 0 aromatic rings. The zero-order valence-electron chi connectivity index (χ0n) is 18.5. The Labute approximate surface area is 220 Å². The van der Waals surface area contributed by atoms with E-state index in [1.54, 1.807) is 0 Å². The van der Waals surface area contributed by atoms with Crippen molar-refractivity contribution in [2.45, 2.75) is 86.9 Å². The Bertz CT molecular complexity index is 570. The highest BCUT2D eigenvalue weighted by Gasteiger charge is 2.47. The van der Waals surface area contributed by atoms with Crippen LogP contribution in [-0.2, 0) is 0 Å². The Morgan fingerprint density at radius 3 is 1.93 bits per heavy atom. The van der Waals surface area contributed by atoms with Crippen molar-refractivity contribution in [2.75, 3.05) is 26.2 Å². The van der Waals surface area contributed by atoms with Crippen molar-refractivity contribution < 1.29 is 16.9 Å². The number of hydrogen-bond acceptors (Lipinski definition) is 0. The molecule has 1 aliphatic rings. The first-order valence-corrected chi connectivity index (χ1v) is 13.5. The van der Waals surface area contributed by atoms with Gasteiger partial charge in [0.05, 0.1) is 18.5 Å². The number of nitrogens with zero attached hydrogens (tertiary/aromatic N) is 1. The van der Waals surface area contributed by atoms with E-state index >= 15 is 0 Å². The molecule has 2 unspecified atom stereocenters. The van der Waals surface area contributed by atoms with Crippen LogP contribution in [0.3, 0.4) is 0 Å². The van der Waals surface area contributed by atoms with E-state index in [9.17, 15) is 0 Å². The summed E-state index contributed by atoms with van der Waals surface area (Å²) in [4.78, 5) is 0. The molecule has 0 fully saturated rings. The largest absolute Gasteiger partial charge is 1.00 e. The Morgan fingerprint density at radius 2 is 1.50 bits per heavy atom. The van der Waals surface area contributed by atoms with Crippen LogP contribution in [0, 0.1) is 12.3 Å². The molecule has 0 amide bonds. The molecule has 0 spiro atoms. The van der Waals surface area contributed by atoms with Crippen molar-refractivity contribution in [3.63, 3.8) is 0 Å². The van der Waals surface area contributed by atoms with Crippen LogP contribution in [0.5, 0.6) is 0 Å². The minimum absolute atomic E-state index is 0. The van der Waals surface area contributed by atoms with Gasteiger partial charge in [-0.3, -0.25) is 0 Å². The molecule has 0 radical (unpaired) electrons. The fraction of sp³-hybridized carbons (Fsp3) is 0.750.